The molecule has 0 aliphatic rings. The number of hydrogen-bond donors (Lipinski definition) is 5. The summed E-state index contributed by atoms with van der Waals surface area (Å²) in [4.78, 5) is 129. The molecule has 5 N–H and O–H groups in total. The van der Waals surface area contributed by atoms with E-state index in [1.807, 2.05) is 227 Å². The molecule has 16 aromatic heterocycles. The lowest BCUT2D eigenvalue weighted by Gasteiger charge is -2.08. The largest absolute Gasteiger partial charge is 0.481 e. The number of aromatic nitrogens is 19. The number of thiophene rings is 5. The predicted octanol–water partition coefficient (Wildman–Crippen LogP) is 21.0. The maximum absolute atomic E-state index is 13.0. The molecule has 0 saturated carbocycles. The average molecular weight is 1840 g/mol. The van der Waals surface area contributed by atoms with Crippen LogP contribution < -0.4 is 32.5 Å². The summed E-state index contributed by atoms with van der Waals surface area (Å²) < 4.78 is 18.9. The van der Waals surface area contributed by atoms with Crippen molar-refractivity contribution in [1.29, 1.82) is 0 Å². The number of benzene rings is 6. The first-order valence-corrected chi connectivity index (χ1v) is 45.5. The molecule has 0 aliphatic carbocycles. The van der Waals surface area contributed by atoms with Gasteiger partial charge in [-0.2, -0.15) is 0 Å². The molecule has 16 heterocycles. The third kappa shape index (κ3) is 18.0. The summed E-state index contributed by atoms with van der Waals surface area (Å²) in [6, 6.07) is 65.1. The summed E-state index contributed by atoms with van der Waals surface area (Å²) in [6.07, 6.45) is 15.6. The van der Waals surface area contributed by atoms with Crippen LogP contribution in [0.3, 0.4) is 0 Å². The Labute approximate surface area is 770 Å². The lowest BCUT2D eigenvalue weighted by Crippen LogP contribution is -2.09. The zero-order valence-electron chi connectivity index (χ0n) is 71.2. The fourth-order valence-corrected chi connectivity index (χ4v) is 20.2. The molecule has 131 heavy (non-hydrogen) atoms. The number of aryl methyl sites for hydroxylation is 6. The molecule has 0 fully saturated rings. The predicted molar refractivity (Wildman–Crippen MR) is 527 cm³/mol. The number of pyridine rings is 3. The maximum atomic E-state index is 13.0. The highest BCUT2D eigenvalue weighted by Gasteiger charge is 2.26. The highest BCUT2D eigenvalue weighted by molar-refractivity contribution is 7.23. The quantitative estimate of drug-likeness (QED) is 0.0636. The van der Waals surface area contributed by atoms with Gasteiger partial charge < -0.3 is 48.1 Å². The second kappa shape index (κ2) is 37.9. The normalized spacial score (nSPS) is 11.2. The molecule has 0 spiro atoms. The van der Waals surface area contributed by atoms with Crippen molar-refractivity contribution >= 4 is 119 Å². The molecule has 0 unspecified atom stereocenters. The van der Waals surface area contributed by atoms with E-state index in [0.29, 0.717) is 116 Å². The molecule has 646 valence electrons. The first-order chi connectivity index (χ1) is 63.8. The van der Waals surface area contributed by atoms with E-state index < -0.39 is 0 Å². The van der Waals surface area contributed by atoms with Crippen LogP contribution in [0.15, 0.2) is 296 Å². The van der Waals surface area contributed by atoms with Crippen LogP contribution >= 0.6 is 68.3 Å². The number of hydrogen-bond acceptors (Lipinski definition) is 23. The molecule has 22 rings (SSSR count). The Morgan fingerprint density at radius 1 is 0.359 bits per heavy atom. The van der Waals surface area contributed by atoms with Gasteiger partial charge in [-0.3, -0.25) is 33.9 Å². The number of imidazole rings is 3. The summed E-state index contributed by atoms with van der Waals surface area (Å²) in [6.45, 7) is 6.75. The number of fused-ring (bicyclic) bond motifs is 5. The van der Waals surface area contributed by atoms with Gasteiger partial charge in [-0.05, 0) is 96.1 Å². The standard InChI is InChI=1S/C22H15ClN4OS.C22H17N5O2S.C20H17N3O2S.C18H13N3OS.C17H14N4OS/c1-27-12-11-24-21(27)20-25-17-16(14-9-5-6-10-15(14)23)18(13-7-3-2-4-8-13)29-19(17)22(28)26-20;1-27-11-10-23-21(27)20-25-17-16(14-8-9-15(29-2)24-12-14)18(13-6-4-3-5-7-13)30-19(17)22(28)26-20;1-12-9-13(6-7-14(12)10-25-2)15-11-26-18-17(15)22-19(23-20(18)24)16-5-3-4-8-21-16;1-11-5-4-6-12(9-11)13-10-23-16-15(13)20-17(21-18(16)22)14-7-2-3-8-19-14;1-10-4-3-5-11(8-10)12-9-23-14-13(12)19-15(20-17(14)22)16-18-6-7-21(16)2/h2-12H,1H3,(H,25,26,28);3-12H,1-2H3,(H,25,26,28);3-9,11H,10H2,1-2H3,(H,22,23,24);2-10H,1H3,(H,20,21,22);3-9H,1-2H3,(H,19,20,22). The van der Waals surface area contributed by atoms with Gasteiger partial charge in [0.05, 0.1) is 41.3 Å². The molecule has 0 amide bonds. The van der Waals surface area contributed by atoms with Gasteiger partial charge in [-0.15, -0.1) is 56.7 Å². The van der Waals surface area contributed by atoms with Crippen molar-refractivity contribution < 1.29 is 9.47 Å². The summed E-state index contributed by atoms with van der Waals surface area (Å²) in [5.41, 5.74) is 20.2. The Hall–Kier alpha value is -15.4. The van der Waals surface area contributed by atoms with Crippen LogP contribution in [0, 0.1) is 20.8 Å². The number of ether oxygens (including phenoxy) is 2. The Bertz CT molecular complexity index is 8300. The molecule has 0 atom stereocenters. The Balaban J connectivity index is 0.000000110. The number of nitrogens with one attached hydrogen (secondary N) is 5. The van der Waals surface area contributed by atoms with E-state index in [-0.39, 0.29) is 27.8 Å². The zero-order chi connectivity index (χ0) is 90.5. The third-order valence-electron chi connectivity index (χ3n) is 21.3. The van der Waals surface area contributed by atoms with Gasteiger partial charge in [-0.1, -0.05) is 180 Å². The highest BCUT2D eigenvalue weighted by Crippen LogP contribution is 2.47. The first-order valence-electron chi connectivity index (χ1n) is 40.8. The van der Waals surface area contributed by atoms with Crippen LogP contribution in [0.1, 0.15) is 22.3 Å². The molecular weight excluding hydrogens is 1760 g/mol. The molecule has 0 bridgehead atoms. The van der Waals surface area contributed by atoms with Gasteiger partial charge in [0, 0.05) is 160 Å². The smallest absolute Gasteiger partial charge is 0.269 e. The van der Waals surface area contributed by atoms with Crippen molar-refractivity contribution in [1.82, 2.24) is 93.4 Å². The lowest BCUT2D eigenvalue weighted by atomic mass is 10.0. The maximum Gasteiger partial charge on any atom is 0.269 e. The van der Waals surface area contributed by atoms with Crippen molar-refractivity contribution in [3.8, 4) is 140 Å². The van der Waals surface area contributed by atoms with Crippen LogP contribution in [-0.4, -0.2) is 108 Å². The summed E-state index contributed by atoms with van der Waals surface area (Å²) in [7, 11) is 8.88. The van der Waals surface area contributed by atoms with E-state index in [4.69, 9.17) is 36.0 Å². The van der Waals surface area contributed by atoms with Crippen molar-refractivity contribution in [2.24, 2.45) is 21.1 Å². The molecule has 32 heteroatoms. The molecule has 0 saturated heterocycles. The van der Waals surface area contributed by atoms with E-state index in [2.05, 4.69) is 122 Å². The molecular formula is C99H76ClN19O7S5. The second-order valence-electron chi connectivity index (χ2n) is 30.2. The van der Waals surface area contributed by atoms with E-state index in [9.17, 15) is 24.0 Å². The minimum atomic E-state index is -0.187. The van der Waals surface area contributed by atoms with Crippen LogP contribution in [0.2, 0.25) is 5.02 Å². The fourth-order valence-electron chi connectivity index (χ4n) is 14.9. The van der Waals surface area contributed by atoms with Crippen molar-refractivity contribution in [2.45, 2.75) is 27.4 Å². The van der Waals surface area contributed by atoms with Crippen LogP contribution in [-0.2, 0) is 32.5 Å². The highest BCUT2D eigenvalue weighted by atomic mass is 35.5. The molecule has 0 aliphatic heterocycles. The summed E-state index contributed by atoms with van der Waals surface area (Å²) in [5, 5.41) is 6.58. The van der Waals surface area contributed by atoms with Crippen molar-refractivity contribution in [3.05, 3.63) is 351 Å². The number of H-pyrrole nitrogens is 5. The van der Waals surface area contributed by atoms with Gasteiger partial charge >= 0.3 is 0 Å². The molecule has 0 radical (unpaired) electrons. The van der Waals surface area contributed by atoms with E-state index in [1.54, 1.807) is 57.5 Å². The SMILES string of the molecule is COCc1ccc(-c2csc3c(=O)[nH]c(-c4ccccn4)nc23)cc1C.COc1ccc(-c2c(-c3ccccc3)sc3c(=O)[nH]c(-c4nccn4C)nc23)cn1.Cc1cccc(-c2csc3c(=O)[nH]c(-c4ccccn4)nc23)c1.Cc1cccc(-c2csc3c(=O)[nH]c(-c4nccn4C)nc23)c1.Cn1ccnc1-c1nc2c(-c3ccccc3Cl)c(-c3ccccc3)sc2c(=O)[nH]1. The fraction of sp³-hybridized carbons (Fsp3) is 0.0909. The van der Waals surface area contributed by atoms with Gasteiger partial charge in [0.15, 0.2) is 46.6 Å². The minimum absolute atomic E-state index is 0.125. The van der Waals surface area contributed by atoms with Gasteiger partial charge in [0.1, 0.15) is 34.9 Å². The van der Waals surface area contributed by atoms with E-state index in [0.717, 1.165) is 98.7 Å². The first kappa shape index (κ1) is 86.4. The molecule has 22 aromatic rings. The molecule has 26 nitrogen and oxygen atoms in total. The Morgan fingerprint density at radius 2 is 0.756 bits per heavy atom. The lowest BCUT2D eigenvalue weighted by molar-refractivity contribution is 0.184. The number of methoxy groups -OCH3 is 2. The summed E-state index contributed by atoms with van der Waals surface area (Å²) in [5.74, 6) is 4.69. The van der Waals surface area contributed by atoms with Crippen LogP contribution in [0.5, 0.6) is 5.88 Å². The number of halogens is 1. The summed E-state index contributed by atoms with van der Waals surface area (Å²) >= 11 is 13.7. The minimum Gasteiger partial charge on any atom is -0.481 e. The van der Waals surface area contributed by atoms with Crippen molar-refractivity contribution in [2.75, 3.05) is 14.2 Å². The zero-order valence-corrected chi connectivity index (χ0v) is 76.1. The van der Waals surface area contributed by atoms with Crippen LogP contribution in [0.25, 0.3) is 186 Å². The average Bonchev–Trinajstić information content (AvgIpc) is 1.57. The topological polar surface area (TPSA) is 339 Å². The third-order valence-corrected chi connectivity index (χ3v) is 27.0. The molecule has 6 aromatic carbocycles. The Morgan fingerprint density at radius 3 is 1.16 bits per heavy atom. The number of rotatable bonds is 15. The second-order valence-corrected chi connectivity index (χ2v) is 35.2. The number of aromatic amines is 5. The van der Waals surface area contributed by atoms with Gasteiger partial charge in [0.25, 0.3) is 27.8 Å². The van der Waals surface area contributed by atoms with Gasteiger partial charge in [-0.25, -0.2) is 44.9 Å². The van der Waals surface area contributed by atoms with Gasteiger partial charge in [0.2, 0.25) is 5.88 Å². The van der Waals surface area contributed by atoms with E-state index in [1.165, 1.54) is 67.8 Å². The van der Waals surface area contributed by atoms with Crippen molar-refractivity contribution in [3.63, 3.8) is 0 Å². The Kier molecular flexibility index (Phi) is 25.0. The van der Waals surface area contributed by atoms with Crippen LogP contribution in [0.4, 0.5) is 0 Å². The monoisotopic (exact) mass is 1840 g/mol. The van der Waals surface area contributed by atoms with E-state index >= 15 is 0 Å². The number of nitrogens with zero attached hydrogens (tertiary/aromatic N) is 14.